The molecule has 0 bridgehead atoms. The fourth-order valence-corrected chi connectivity index (χ4v) is 2.65. The summed E-state index contributed by atoms with van der Waals surface area (Å²) >= 11 is 0.896. The van der Waals surface area contributed by atoms with Crippen LogP contribution in [0.2, 0.25) is 0 Å². The molecule has 7 heteroatoms. The standard InChI is InChI=1S/C16H15NO5S/c1-3-8-17-15(19)13(23-16(17)20)9-11-4-6-12(7-5-11)22-10-14(18)21-2/h3-7,9H,1,8,10H2,2H3/b13-9+. The maximum absolute atomic E-state index is 12.1. The Balaban J connectivity index is 2.05. The van der Waals surface area contributed by atoms with Gasteiger partial charge >= 0.3 is 5.97 Å². The zero-order valence-electron chi connectivity index (χ0n) is 12.5. The van der Waals surface area contributed by atoms with E-state index < -0.39 is 5.97 Å². The van der Waals surface area contributed by atoms with Gasteiger partial charge in [-0.1, -0.05) is 18.2 Å². The maximum Gasteiger partial charge on any atom is 0.343 e. The van der Waals surface area contributed by atoms with E-state index in [1.165, 1.54) is 13.2 Å². The number of benzene rings is 1. The van der Waals surface area contributed by atoms with E-state index in [4.69, 9.17) is 4.74 Å². The molecule has 0 aromatic heterocycles. The Bertz CT molecular complexity index is 666. The molecular formula is C16H15NO5S. The van der Waals surface area contributed by atoms with Crippen LogP contribution in [-0.2, 0) is 14.3 Å². The van der Waals surface area contributed by atoms with Gasteiger partial charge in [0.15, 0.2) is 6.61 Å². The van der Waals surface area contributed by atoms with Crippen LogP contribution < -0.4 is 4.74 Å². The van der Waals surface area contributed by atoms with Crippen molar-refractivity contribution in [1.82, 2.24) is 4.90 Å². The van der Waals surface area contributed by atoms with Gasteiger partial charge in [-0.25, -0.2) is 4.79 Å². The Morgan fingerprint density at radius 1 is 1.30 bits per heavy atom. The summed E-state index contributed by atoms with van der Waals surface area (Å²) in [4.78, 5) is 36.3. The van der Waals surface area contributed by atoms with Crippen molar-refractivity contribution in [2.24, 2.45) is 0 Å². The summed E-state index contributed by atoms with van der Waals surface area (Å²) in [6.45, 7) is 3.55. The van der Waals surface area contributed by atoms with Crippen molar-refractivity contribution in [3.8, 4) is 5.75 Å². The normalized spacial score (nSPS) is 15.9. The van der Waals surface area contributed by atoms with E-state index in [2.05, 4.69) is 11.3 Å². The van der Waals surface area contributed by atoms with Crippen molar-refractivity contribution >= 4 is 35.0 Å². The number of methoxy groups -OCH3 is 1. The molecule has 0 unspecified atom stereocenters. The number of amides is 2. The van der Waals surface area contributed by atoms with Gasteiger partial charge in [-0.2, -0.15) is 0 Å². The Morgan fingerprint density at radius 3 is 2.61 bits per heavy atom. The molecule has 1 aliphatic heterocycles. The first-order valence-corrected chi connectivity index (χ1v) is 7.52. The first-order chi connectivity index (χ1) is 11.0. The van der Waals surface area contributed by atoms with Crippen molar-refractivity contribution in [1.29, 1.82) is 0 Å². The highest BCUT2D eigenvalue weighted by atomic mass is 32.2. The Kier molecular flexibility index (Phi) is 5.59. The highest BCUT2D eigenvalue weighted by Crippen LogP contribution is 2.32. The number of rotatable bonds is 6. The van der Waals surface area contributed by atoms with Gasteiger partial charge in [0.1, 0.15) is 5.75 Å². The Labute approximate surface area is 137 Å². The molecule has 120 valence electrons. The molecule has 0 saturated carbocycles. The van der Waals surface area contributed by atoms with Gasteiger partial charge in [-0.3, -0.25) is 14.5 Å². The number of esters is 1. The van der Waals surface area contributed by atoms with Crippen LogP contribution in [0, 0.1) is 0 Å². The summed E-state index contributed by atoms with van der Waals surface area (Å²) in [5.74, 6) is -0.289. The van der Waals surface area contributed by atoms with Gasteiger partial charge in [0.05, 0.1) is 12.0 Å². The van der Waals surface area contributed by atoms with E-state index in [1.807, 2.05) is 0 Å². The van der Waals surface area contributed by atoms with Crippen LogP contribution in [0.3, 0.4) is 0 Å². The zero-order chi connectivity index (χ0) is 16.8. The van der Waals surface area contributed by atoms with Gasteiger partial charge in [0.2, 0.25) is 0 Å². The molecule has 0 N–H and O–H groups in total. The highest BCUT2D eigenvalue weighted by molar-refractivity contribution is 8.18. The van der Waals surface area contributed by atoms with E-state index in [0.717, 1.165) is 22.2 Å². The third kappa shape index (κ3) is 4.23. The zero-order valence-corrected chi connectivity index (χ0v) is 13.3. The van der Waals surface area contributed by atoms with Crippen molar-refractivity contribution in [2.75, 3.05) is 20.3 Å². The van der Waals surface area contributed by atoms with Crippen LogP contribution in [0.5, 0.6) is 5.75 Å². The molecule has 0 spiro atoms. The summed E-state index contributed by atoms with van der Waals surface area (Å²) in [7, 11) is 1.29. The molecule has 1 aromatic rings. The van der Waals surface area contributed by atoms with Gasteiger partial charge in [0.25, 0.3) is 11.1 Å². The third-order valence-corrected chi connectivity index (χ3v) is 3.85. The van der Waals surface area contributed by atoms with E-state index in [1.54, 1.807) is 30.3 Å². The van der Waals surface area contributed by atoms with Crippen molar-refractivity contribution in [3.05, 3.63) is 47.4 Å². The summed E-state index contributed by atoms with van der Waals surface area (Å²) in [5.41, 5.74) is 0.750. The number of hydrogen-bond acceptors (Lipinski definition) is 6. The fourth-order valence-electron chi connectivity index (χ4n) is 1.80. The van der Waals surface area contributed by atoms with Gasteiger partial charge in [-0.05, 0) is 35.5 Å². The molecule has 0 atom stereocenters. The molecule has 1 aliphatic rings. The third-order valence-electron chi connectivity index (χ3n) is 2.95. The second kappa shape index (κ2) is 7.64. The lowest BCUT2D eigenvalue weighted by Gasteiger charge is -2.07. The predicted molar refractivity (Wildman–Crippen MR) is 86.8 cm³/mol. The first-order valence-electron chi connectivity index (χ1n) is 6.71. The predicted octanol–water partition coefficient (Wildman–Crippen LogP) is 2.46. The number of carbonyl (C=O) groups excluding carboxylic acids is 3. The van der Waals surface area contributed by atoms with E-state index >= 15 is 0 Å². The van der Waals surface area contributed by atoms with Crippen LogP contribution in [0.4, 0.5) is 4.79 Å². The van der Waals surface area contributed by atoms with E-state index in [0.29, 0.717) is 10.7 Å². The van der Waals surface area contributed by atoms with Crippen molar-refractivity contribution in [3.63, 3.8) is 0 Å². The Morgan fingerprint density at radius 2 is 2.00 bits per heavy atom. The van der Waals surface area contributed by atoms with Crippen LogP contribution in [0.1, 0.15) is 5.56 Å². The second-order valence-corrected chi connectivity index (χ2v) is 5.51. The van der Waals surface area contributed by atoms with E-state index in [-0.39, 0.29) is 24.3 Å². The lowest BCUT2D eigenvalue weighted by Crippen LogP contribution is -2.27. The van der Waals surface area contributed by atoms with Crippen LogP contribution in [-0.4, -0.2) is 42.3 Å². The number of nitrogens with zero attached hydrogens (tertiary/aromatic N) is 1. The highest BCUT2D eigenvalue weighted by Gasteiger charge is 2.33. The molecule has 2 amide bonds. The number of hydrogen-bond donors (Lipinski definition) is 0. The topological polar surface area (TPSA) is 72.9 Å². The Hall–Kier alpha value is -2.54. The SMILES string of the molecule is C=CCN1C(=O)S/C(=C/c2ccc(OCC(=O)OC)cc2)C1=O. The minimum atomic E-state index is -0.468. The summed E-state index contributed by atoms with van der Waals surface area (Å²) in [6.07, 6.45) is 3.14. The molecule has 1 heterocycles. The van der Waals surface area contributed by atoms with Crippen molar-refractivity contribution in [2.45, 2.75) is 0 Å². The second-order valence-electron chi connectivity index (χ2n) is 4.51. The average molecular weight is 333 g/mol. The lowest BCUT2D eigenvalue weighted by atomic mass is 10.2. The average Bonchev–Trinajstić information content (AvgIpc) is 2.82. The molecule has 1 aromatic carbocycles. The van der Waals surface area contributed by atoms with Gasteiger partial charge in [-0.15, -0.1) is 6.58 Å². The largest absolute Gasteiger partial charge is 0.482 e. The number of ether oxygens (including phenoxy) is 2. The molecule has 2 rings (SSSR count). The number of thioether (sulfide) groups is 1. The molecule has 6 nitrogen and oxygen atoms in total. The maximum atomic E-state index is 12.1. The summed E-state index contributed by atoms with van der Waals surface area (Å²) in [6, 6.07) is 6.80. The van der Waals surface area contributed by atoms with Crippen molar-refractivity contribution < 1.29 is 23.9 Å². The number of imide groups is 1. The molecule has 0 aliphatic carbocycles. The molecular weight excluding hydrogens is 318 g/mol. The summed E-state index contributed by atoms with van der Waals surface area (Å²) < 4.78 is 9.71. The number of carbonyl (C=O) groups is 3. The smallest absolute Gasteiger partial charge is 0.343 e. The fraction of sp³-hybridized carbons (Fsp3) is 0.188. The van der Waals surface area contributed by atoms with Gasteiger partial charge in [0, 0.05) is 6.54 Å². The van der Waals surface area contributed by atoms with Crippen LogP contribution >= 0.6 is 11.8 Å². The lowest BCUT2D eigenvalue weighted by molar-refractivity contribution is -0.142. The molecule has 0 radical (unpaired) electrons. The molecule has 1 saturated heterocycles. The minimum absolute atomic E-state index is 0.170. The monoisotopic (exact) mass is 333 g/mol. The van der Waals surface area contributed by atoms with Crippen LogP contribution in [0.15, 0.2) is 41.8 Å². The van der Waals surface area contributed by atoms with Crippen LogP contribution in [0.25, 0.3) is 6.08 Å². The molecule has 23 heavy (non-hydrogen) atoms. The first kappa shape index (κ1) is 16.8. The quantitative estimate of drug-likeness (QED) is 0.452. The summed E-state index contributed by atoms with van der Waals surface area (Å²) in [5, 5.41) is -0.306. The minimum Gasteiger partial charge on any atom is -0.482 e. The molecule has 1 fully saturated rings. The van der Waals surface area contributed by atoms with E-state index in [9.17, 15) is 14.4 Å². The van der Waals surface area contributed by atoms with Gasteiger partial charge < -0.3 is 9.47 Å².